The lowest BCUT2D eigenvalue weighted by Crippen LogP contribution is -2.32. The fourth-order valence-electron chi connectivity index (χ4n) is 5.97. The van der Waals surface area contributed by atoms with Crippen LogP contribution >= 0.6 is 0 Å². The molecule has 2 unspecified atom stereocenters. The molecule has 0 aliphatic rings. The third kappa shape index (κ3) is 14.2. The van der Waals surface area contributed by atoms with E-state index in [1.165, 1.54) is 0 Å². The summed E-state index contributed by atoms with van der Waals surface area (Å²) in [7, 11) is 1.96. The van der Waals surface area contributed by atoms with Crippen molar-refractivity contribution in [3.05, 3.63) is 108 Å². The number of ether oxygens (including phenoxy) is 3. The van der Waals surface area contributed by atoms with Crippen molar-refractivity contribution >= 4 is 29.0 Å². The summed E-state index contributed by atoms with van der Waals surface area (Å²) in [5, 5.41) is 26.1. The van der Waals surface area contributed by atoms with Crippen LogP contribution in [0.4, 0.5) is 17.1 Å². The first-order valence-corrected chi connectivity index (χ1v) is 19.7. The Labute approximate surface area is 339 Å². The van der Waals surface area contributed by atoms with E-state index < -0.39 is 10.8 Å². The first kappa shape index (κ1) is 45.4. The summed E-state index contributed by atoms with van der Waals surface area (Å²) in [6.07, 6.45) is 5.16. The largest absolute Gasteiger partial charge is 0.490 e. The molecule has 0 radical (unpaired) electrons. The normalized spacial score (nSPS) is 12.8. The Balaban J connectivity index is 0.000000307. The van der Waals surface area contributed by atoms with E-state index in [1.54, 1.807) is 36.4 Å². The molecule has 0 saturated carbocycles. The summed E-state index contributed by atoms with van der Waals surface area (Å²) < 4.78 is 16.6. The number of hydrogen-bond acceptors (Lipinski definition) is 10. The van der Waals surface area contributed by atoms with Crippen molar-refractivity contribution in [3.63, 3.8) is 0 Å². The maximum absolute atomic E-state index is 12.4. The molecule has 0 fully saturated rings. The van der Waals surface area contributed by atoms with Gasteiger partial charge in [-0.25, -0.2) is 0 Å². The fraction of sp³-hybridized carbons (Fsp3) is 0.404. The Kier molecular flexibility index (Phi) is 18.4. The SMILES string of the molecule is CCCC(C)(CC)C(=O)OCCN(C)c1ccc(N=Nc2ccc(C#N)cc2)cc1.CCCC(C)(CC)C(=O)OCCOc1ccc(-c2ccc(C#N)cc2)cc1. The Morgan fingerprint density at radius 2 is 1.04 bits per heavy atom. The smallest absolute Gasteiger partial charge is 0.311 e. The topological polar surface area (TPSA) is 137 Å². The highest BCUT2D eigenvalue weighted by Crippen LogP contribution is 2.30. The van der Waals surface area contributed by atoms with Crippen molar-refractivity contribution in [3.8, 4) is 29.0 Å². The number of nitriles is 2. The second kappa shape index (κ2) is 23.2. The van der Waals surface area contributed by atoms with Crippen LogP contribution in [-0.2, 0) is 19.1 Å². The second-order valence-electron chi connectivity index (χ2n) is 14.5. The maximum atomic E-state index is 12.4. The number of esters is 2. The fourth-order valence-corrected chi connectivity index (χ4v) is 5.97. The van der Waals surface area contributed by atoms with Crippen molar-refractivity contribution in [1.82, 2.24) is 0 Å². The van der Waals surface area contributed by atoms with Gasteiger partial charge < -0.3 is 19.1 Å². The zero-order valence-corrected chi connectivity index (χ0v) is 34.6. The van der Waals surface area contributed by atoms with Gasteiger partial charge in [-0.1, -0.05) is 64.8 Å². The van der Waals surface area contributed by atoms with Gasteiger partial charge in [0.15, 0.2) is 0 Å². The van der Waals surface area contributed by atoms with Gasteiger partial charge >= 0.3 is 11.9 Å². The average Bonchev–Trinajstić information content (AvgIpc) is 3.25. The van der Waals surface area contributed by atoms with Crippen LogP contribution in [0, 0.1) is 33.5 Å². The highest BCUT2D eigenvalue weighted by atomic mass is 16.6. The number of nitrogens with zero attached hydrogens (tertiary/aromatic N) is 5. The van der Waals surface area contributed by atoms with Crippen LogP contribution in [0.25, 0.3) is 11.1 Å². The molecule has 0 bridgehead atoms. The summed E-state index contributed by atoms with van der Waals surface area (Å²) in [6.45, 7) is 13.7. The molecule has 300 valence electrons. The highest BCUT2D eigenvalue weighted by molar-refractivity contribution is 5.76. The summed E-state index contributed by atoms with van der Waals surface area (Å²) in [5.41, 5.74) is 4.98. The van der Waals surface area contributed by atoms with Crippen LogP contribution in [0.5, 0.6) is 5.75 Å². The van der Waals surface area contributed by atoms with Gasteiger partial charge in [0.05, 0.1) is 52.0 Å². The first-order chi connectivity index (χ1) is 27.4. The van der Waals surface area contributed by atoms with E-state index in [4.69, 9.17) is 24.7 Å². The van der Waals surface area contributed by atoms with Crippen molar-refractivity contribution in [1.29, 1.82) is 10.5 Å². The minimum absolute atomic E-state index is 0.112. The molecule has 0 spiro atoms. The van der Waals surface area contributed by atoms with Gasteiger partial charge in [-0.15, -0.1) is 0 Å². The maximum Gasteiger partial charge on any atom is 0.311 e. The molecule has 57 heavy (non-hydrogen) atoms. The minimum Gasteiger partial charge on any atom is -0.490 e. The standard InChI is InChI=1S/C24H30N4O2.C23H27NO3/c1-5-15-24(3,6-2)23(29)30-17-16-28(4)22-13-11-21(12-14-22)27-26-20-9-7-19(18-25)8-10-20;1-4-14-23(3,5-2)22(25)27-16-15-26-21-12-10-20(11-13-21)19-8-6-18(17-24)7-9-19/h7-14H,5-6,15-17H2,1-4H3;6-13H,4-5,14-16H2,1-3H3. The molecule has 4 rings (SSSR count). The highest BCUT2D eigenvalue weighted by Gasteiger charge is 2.32. The van der Waals surface area contributed by atoms with Gasteiger partial charge in [0, 0.05) is 12.7 Å². The van der Waals surface area contributed by atoms with Gasteiger partial charge in [-0.05, 0) is 123 Å². The van der Waals surface area contributed by atoms with Crippen LogP contribution in [-0.4, -0.2) is 45.4 Å². The number of carbonyl (C=O) groups is 2. The minimum atomic E-state index is -0.405. The molecular formula is C47H57N5O5. The number of likely N-dealkylation sites (N-methyl/N-ethyl adjacent to an activating group) is 1. The van der Waals surface area contributed by atoms with Gasteiger partial charge in [-0.2, -0.15) is 20.8 Å². The zero-order chi connectivity index (χ0) is 41.7. The lowest BCUT2D eigenvalue weighted by Gasteiger charge is -2.26. The number of hydrogen-bond donors (Lipinski definition) is 0. The lowest BCUT2D eigenvalue weighted by atomic mass is 9.83. The zero-order valence-electron chi connectivity index (χ0n) is 34.6. The van der Waals surface area contributed by atoms with Crippen LogP contribution in [0.15, 0.2) is 107 Å². The van der Waals surface area contributed by atoms with Crippen molar-refractivity contribution in [2.75, 3.05) is 38.3 Å². The predicted octanol–water partition coefficient (Wildman–Crippen LogP) is 11.5. The molecule has 2 atom stereocenters. The molecule has 0 aromatic heterocycles. The molecule has 4 aromatic rings. The quantitative estimate of drug-likeness (QED) is 0.0522. The second-order valence-corrected chi connectivity index (χ2v) is 14.5. The lowest BCUT2D eigenvalue weighted by molar-refractivity contribution is -0.156. The molecular weight excluding hydrogens is 715 g/mol. The summed E-state index contributed by atoms with van der Waals surface area (Å²) in [5.74, 6) is 0.473. The van der Waals surface area contributed by atoms with Crippen LogP contribution in [0.3, 0.4) is 0 Å². The summed E-state index contributed by atoms with van der Waals surface area (Å²) >= 11 is 0. The van der Waals surface area contributed by atoms with E-state index in [2.05, 4.69) is 36.2 Å². The summed E-state index contributed by atoms with van der Waals surface area (Å²) in [6, 6.07) is 34.0. The van der Waals surface area contributed by atoms with Crippen LogP contribution in [0.1, 0.15) is 91.2 Å². The predicted molar refractivity (Wildman–Crippen MR) is 226 cm³/mol. The van der Waals surface area contributed by atoms with E-state index in [1.807, 2.05) is 100 Å². The third-order valence-electron chi connectivity index (χ3n) is 10.2. The Morgan fingerprint density at radius 3 is 1.47 bits per heavy atom. The molecule has 10 nitrogen and oxygen atoms in total. The van der Waals surface area contributed by atoms with Gasteiger partial charge in [0.25, 0.3) is 0 Å². The molecule has 0 aliphatic carbocycles. The van der Waals surface area contributed by atoms with E-state index in [9.17, 15) is 9.59 Å². The average molecular weight is 772 g/mol. The van der Waals surface area contributed by atoms with E-state index in [-0.39, 0.29) is 18.5 Å². The first-order valence-electron chi connectivity index (χ1n) is 19.7. The summed E-state index contributed by atoms with van der Waals surface area (Å²) in [4.78, 5) is 26.7. The molecule has 0 heterocycles. The molecule has 0 amide bonds. The van der Waals surface area contributed by atoms with E-state index in [0.29, 0.717) is 36.6 Å². The van der Waals surface area contributed by atoms with Gasteiger partial charge in [-0.3, -0.25) is 9.59 Å². The molecule has 0 saturated heterocycles. The monoisotopic (exact) mass is 771 g/mol. The molecule has 0 aliphatic heterocycles. The number of carbonyl (C=O) groups excluding carboxylic acids is 2. The van der Waals surface area contributed by atoms with Crippen LogP contribution in [0.2, 0.25) is 0 Å². The Bertz CT molecular complexity index is 1950. The Morgan fingerprint density at radius 1 is 0.614 bits per heavy atom. The van der Waals surface area contributed by atoms with Crippen molar-refractivity contribution in [2.45, 2.75) is 80.1 Å². The van der Waals surface area contributed by atoms with Crippen LogP contribution < -0.4 is 9.64 Å². The number of benzene rings is 4. The Hall–Kier alpha value is -6.00. The van der Waals surface area contributed by atoms with E-state index >= 15 is 0 Å². The number of anilines is 1. The van der Waals surface area contributed by atoms with Crippen molar-refractivity contribution < 1.29 is 23.8 Å². The van der Waals surface area contributed by atoms with E-state index in [0.717, 1.165) is 66.8 Å². The number of rotatable bonds is 19. The van der Waals surface area contributed by atoms with Gasteiger partial charge in [0.1, 0.15) is 25.6 Å². The van der Waals surface area contributed by atoms with Crippen molar-refractivity contribution in [2.24, 2.45) is 21.1 Å². The molecule has 4 aromatic carbocycles. The van der Waals surface area contributed by atoms with Gasteiger partial charge in [0.2, 0.25) is 0 Å². The third-order valence-corrected chi connectivity index (χ3v) is 10.2. The molecule has 10 heteroatoms. The molecule has 0 N–H and O–H groups in total. The number of azo groups is 1.